The summed E-state index contributed by atoms with van der Waals surface area (Å²) in [4.78, 5) is 0. The molecule has 3 nitrogen and oxygen atoms in total. The molecule has 0 aliphatic carbocycles. The van der Waals surface area contributed by atoms with Crippen LogP contribution in [0, 0.1) is 6.92 Å². The first kappa shape index (κ1) is 10.4. The van der Waals surface area contributed by atoms with Crippen LogP contribution in [-0.4, -0.2) is 15.3 Å². The van der Waals surface area contributed by atoms with Gasteiger partial charge in [0.25, 0.3) is 0 Å². The van der Waals surface area contributed by atoms with E-state index in [-0.39, 0.29) is 17.2 Å². The van der Waals surface area contributed by atoms with Crippen molar-refractivity contribution < 1.29 is 15.3 Å². The van der Waals surface area contributed by atoms with Gasteiger partial charge in [-0.15, -0.1) is 0 Å². The van der Waals surface area contributed by atoms with Gasteiger partial charge in [0.1, 0.15) is 17.2 Å². The normalized spacial score (nSPS) is 10.3. The van der Waals surface area contributed by atoms with Crippen molar-refractivity contribution in [1.29, 1.82) is 0 Å². The molecule has 0 radical (unpaired) electrons. The van der Waals surface area contributed by atoms with Gasteiger partial charge in [-0.05, 0) is 30.7 Å². The second-order valence-electron chi connectivity index (χ2n) is 3.67. The molecule has 0 fully saturated rings. The van der Waals surface area contributed by atoms with E-state index in [2.05, 4.69) is 0 Å². The molecular weight excluding hydrogens is 204 g/mol. The molecule has 0 aromatic heterocycles. The van der Waals surface area contributed by atoms with Crippen LogP contribution < -0.4 is 0 Å². The first-order valence-corrected chi connectivity index (χ1v) is 4.90. The number of benzene rings is 2. The predicted molar refractivity (Wildman–Crippen MR) is 61.6 cm³/mol. The van der Waals surface area contributed by atoms with E-state index in [0.29, 0.717) is 16.7 Å². The highest BCUT2D eigenvalue weighted by molar-refractivity contribution is 5.76. The van der Waals surface area contributed by atoms with Gasteiger partial charge in [0, 0.05) is 11.1 Å². The summed E-state index contributed by atoms with van der Waals surface area (Å²) in [6, 6.07) is 9.58. The summed E-state index contributed by atoms with van der Waals surface area (Å²) in [5.74, 6) is 0.203. The second-order valence-corrected chi connectivity index (χ2v) is 3.67. The van der Waals surface area contributed by atoms with Crippen LogP contribution in [0.5, 0.6) is 17.2 Å². The van der Waals surface area contributed by atoms with E-state index in [0.717, 1.165) is 0 Å². The molecule has 2 aromatic carbocycles. The molecule has 3 heteroatoms. The first-order valence-electron chi connectivity index (χ1n) is 4.90. The molecule has 0 aliphatic heterocycles. The van der Waals surface area contributed by atoms with Gasteiger partial charge in [0.05, 0.1) is 0 Å². The van der Waals surface area contributed by atoms with Gasteiger partial charge in [-0.1, -0.05) is 18.2 Å². The minimum absolute atomic E-state index is 0.0387. The van der Waals surface area contributed by atoms with Gasteiger partial charge in [0.15, 0.2) is 0 Å². The molecular formula is C13H12O3. The lowest BCUT2D eigenvalue weighted by Gasteiger charge is -2.09. The van der Waals surface area contributed by atoms with Crippen molar-refractivity contribution in [3.8, 4) is 28.4 Å². The SMILES string of the molecule is Cc1cc(O)c(-c2ccccc2O)cc1O. The summed E-state index contributed by atoms with van der Waals surface area (Å²) in [5.41, 5.74) is 1.51. The number of aryl methyl sites for hydroxylation is 1. The van der Waals surface area contributed by atoms with Gasteiger partial charge in [-0.3, -0.25) is 0 Å². The highest BCUT2D eigenvalue weighted by Crippen LogP contribution is 2.38. The molecule has 0 heterocycles. The van der Waals surface area contributed by atoms with Crippen LogP contribution in [0.3, 0.4) is 0 Å². The maximum atomic E-state index is 9.77. The summed E-state index contributed by atoms with van der Waals surface area (Å²) >= 11 is 0. The fourth-order valence-corrected chi connectivity index (χ4v) is 1.60. The number of aromatic hydroxyl groups is 3. The molecule has 3 N–H and O–H groups in total. The number of rotatable bonds is 1. The van der Waals surface area contributed by atoms with E-state index < -0.39 is 0 Å². The zero-order valence-electron chi connectivity index (χ0n) is 8.81. The average molecular weight is 216 g/mol. The minimum Gasteiger partial charge on any atom is -0.508 e. The zero-order chi connectivity index (χ0) is 11.7. The lowest BCUT2D eigenvalue weighted by molar-refractivity contribution is 0.456. The molecule has 0 aliphatic rings. The lowest BCUT2D eigenvalue weighted by Crippen LogP contribution is -1.83. The van der Waals surface area contributed by atoms with E-state index in [1.165, 1.54) is 18.2 Å². The number of para-hydroxylation sites is 1. The Labute approximate surface area is 93.2 Å². The van der Waals surface area contributed by atoms with Crippen LogP contribution >= 0.6 is 0 Å². The van der Waals surface area contributed by atoms with Gasteiger partial charge in [0.2, 0.25) is 0 Å². The van der Waals surface area contributed by atoms with E-state index in [1.54, 1.807) is 25.1 Å². The third kappa shape index (κ3) is 1.67. The summed E-state index contributed by atoms with van der Waals surface area (Å²) in [6.07, 6.45) is 0. The Morgan fingerprint density at radius 2 is 1.44 bits per heavy atom. The fraction of sp³-hybridized carbons (Fsp3) is 0.0769. The molecule has 2 aromatic rings. The first-order chi connectivity index (χ1) is 7.59. The van der Waals surface area contributed by atoms with Crippen LogP contribution in [0.1, 0.15) is 5.56 Å². The lowest BCUT2D eigenvalue weighted by atomic mass is 10.0. The van der Waals surface area contributed by atoms with Crippen molar-refractivity contribution in [2.75, 3.05) is 0 Å². The van der Waals surface area contributed by atoms with Crippen LogP contribution in [0.25, 0.3) is 11.1 Å². The Bertz CT molecular complexity index is 533. The summed E-state index contributed by atoms with van der Waals surface area (Å²) < 4.78 is 0. The molecule has 0 atom stereocenters. The van der Waals surface area contributed by atoms with Crippen LogP contribution in [0.15, 0.2) is 36.4 Å². The fourth-order valence-electron chi connectivity index (χ4n) is 1.60. The molecule has 16 heavy (non-hydrogen) atoms. The third-order valence-electron chi connectivity index (χ3n) is 2.51. The Morgan fingerprint density at radius 1 is 0.750 bits per heavy atom. The minimum atomic E-state index is 0.0387. The monoisotopic (exact) mass is 216 g/mol. The van der Waals surface area contributed by atoms with Crippen LogP contribution in [0.4, 0.5) is 0 Å². The second kappa shape index (κ2) is 3.77. The van der Waals surface area contributed by atoms with Crippen molar-refractivity contribution in [1.82, 2.24) is 0 Å². The average Bonchev–Trinajstić information content (AvgIpc) is 2.25. The third-order valence-corrected chi connectivity index (χ3v) is 2.51. The van der Waals surface area contributed by atoms with E-state index in [1.807, 2.05) is 0 Å². The van der Waals surface area contributed by atoms with Crippen molar-refractivity contribution in [3.63, 3.8) is 0 Å². The van der Waals surface area contributed by atoms with E-state index in [4.69, 9.17) is 0 Å². The quantitative estimate of drug-likeness (QED) is 0.642. The van der Waals surface area contributed by atoms with Crippen LogP contribution in [-0.2, 0) is 0 Å². The summed E-state index contributed by atoms with van der Waals surface area (Å²) in [6.45, 7) is 1.70. The van der Waals surface area contributed by atoms with Gasteiger partial charge in [-0.25, -0.2) is 0 Å². The molecule has 0 saturated carbocycles. The topological polar surface area (TPSA) is 60.7 Å². The summed E-state index contributed by atoms with van der Waals surface area (Å²) in [7, 11) is 0. The predicted octanol–water partition coefficient (Wildman–Crippen LogP) is 2.78. The molecule has 82 valence electrons. The van der Waals surface area contributed by atoms with Gasteiger partial charge >= 0.3 is 0 Å². The van der Waals surface area contributed by atoms with Gasteiger partial charge < -0.3 is 15.3 Å². The van der Waals surface area contributed by atoms with E-state index >= 15 is 0 Å². The smallest absolute Gasteiger partial charge is 0.124 e. The molecule has 2 rings (SSSR count). The molecule has 0 amide bonds. The standard InChI is InChI=1S/C13H12O3/c1-8-6-13(16)10(7-12(8)15)9-4-2-3-5-11(9)14/h2-7,14-16H,1H3. The Morgan fingerprint density at radius 3 is 2.12 bits per heavy atom. The van der Waals surface area contributed by atoms with Crippen molar-refractivity contribution in [3.05, 3.63) is 42.0 Å². The number of hydrogen-bond acceptors (Lipinski definition) is 3. The number of phenols is 3. The Hall–Kier alpha value is -2.16. The van der Waals surface area contributed by atoms with E-state index in [9.17, 15) is 15.3 Å². The van der Waals surface area contributed by atoms with Crippen molar-refractivity contribution >= 4 is 0 Å². The molecule has 0 saturated heterocycles. The van der Waals surface area contributed by atoms with Crippen molar-refractivity contribution in [2.45, 2.75) is 6.92 Å². The maximum Gasteiger partial charge on any atom is 0.124 e. The zero-order valence-corrected chi connectivity index (χ0v) is 8.81. The molecule has 0 unspecified atom stereocenters. The van der Waals surface area contributed by atoms with Crippen molar-refractivity contribution in [2.24, 2.45) is 0 Å². The number of hydrogen-bond donors (Lipinski definition) is 3. The largest absolute Gasteiger partial charge is 0.508 e. The molecule has 0 bridgehead atoms. The van der Waals surface area contributed by atoms with Gasteiger partial charge in [-0.2, -0.15) is 0 Å². The number of phenolic OH excluding ortho intramolecular Hbond substituents is 3. The Balaban J connectivity index is 2.65. The summed E-state index contributed by atoms with van der Waals surface area (Å²) in [5, 5.41) is 29.0. The highest BCUT2D eigenvalue weighted by Gasteiger charge is 2.10. The van der Waals surface area contributed by atoms with Crippen LogP contribution in [0.2, 0.25) is 0 Å². The Kier molecular flexibility index (Phi) is 2.44. The maximum absolute atomic E-state index is 9.77. The molecule has 0 spiro atoms. The highest BCUT2D eigenvalue weighted by atomic mass is 16.3.